The lowest BCUT2D eigenvalue weighted by atomic mass is 10.2. The zero-order valence-electron chi connectivity index (χ0n) is 12.7. The first kappa shape index (κ1) is 15.6. The van der Waals surface area contributed by atoms with Crippen molar-refractivity contribution < 1.29 is 13.7 Å². The van der Waals surface area contributed by atoms with Gasteiger partial charge in [-0.25, -0.2) is 4.39 Å². The maximum Gasteiger partial charge on any atom is 0.271 e. The fraction of sp³-hybridized carbons (Fsp3) is 0.125. The molecule has 0 saturated carbocycles. The van der Waals surface area contributed by atoms with Gasteiger partial charge in [0.05, 0.1) is 11.5 Å². The van der Waals surface area contributed by atoms with Crippen LogP contribution in [0.4, 0.5) is 15.8 Å². The summed E-state index contributed by atoms with van der Waals surface area (Å²) in [6.07, 6.45) is 0. The number of aryl methyl sites for hydroxylation is 1. The maximum absolute atomic E-state index is 12.9. The Hall–Kier alpha value is -3.29. The summed E-state index contributed by atoms with van der Waals surface area (Å²) in [7, 11) is 0. The average molecular weight is 328 g/mol. The number of non-ortho nitro benzene ring substituents is 1. The molecular weight excluding hydrogens is 315 g/mol. The fourth-order valence-corrected chi connectivity index (χ4v) is 2.12. The molecule has 122 valence electrons. The zero-order valence-corrected chi connectivity index (χ0v) is 12.7. The number of nitrogens with zero attached hydrogens (tertiary/aromatic N) is 3. The molecule has 0 fully saturated rings. The molecule has 0 aliphatic heterocycles. The Bertz CT molecular complexity index is 877. The van der Waals surface area contributed by atoms with Gasteiger partial charge in [0.15, 0.2) is 0 Å². The fourth-order valence-electron chi connectivity index (χ4n) is 2.12. The number of aromatic nitrogens is 2. The van der Waals surface area contributed by atoms with Crippen molar-refractivity contribution in [1.82, 2.24) is 10.2 Å². The molecule has 0 radical (unpaired) electrons. The van der Waals surface area contributed by atoms with Crippen LogP contribution >= 0.6 is 0 Å². The SMILES string of the molecule is Cc1ccc([N+](=O)[O-])cc1NCc1nnc(-c2ccc(F)cc2)o1. The van der Waals surface area contributed by atoms with Crippen LogP contribution in [0.3, 0.4) is 0 Å². The molecule has 0 aliphatic rings. The number of rotatable bonds is 5. The summed E-state index contributed by atoms with van der Waals surface area (Å²) in [5.41, 5.74) is 2.09. The zero-order chi connectivity index (χ0) is 17.1. The highest BCUT2D eigenvalue weighted by atomic mass is 19.1. The van der Waals surface area contributed by atoms with Gasteiger partial charge in [0.25, 0.3) is 5.69 Å². The van der Waals surface area contributed by atoms with Gasteiger partial charge < -0.3 is 9.73 Å². The highest BCUT2D eigenvalue weighted by molar-refractivity contribution is 5.57. The highest BCUT2D eigenvalue weighted by Gasteiger charge is 2.11. The molecule has 0 atom stereocenters. The lowest BCUT2D eigenvalue weighted by Gasteiger charge is -2.06. The van der Waals surface area contributed by atoms with Crippen LogP contribution in [-0.4, -0.2) is 15.1 Å². The van der Waals surface area contributed by atoms with E-state index in [2.05, 4.69) is 15.5 Å². The Kier molecular flexibility index (Phi) is 4.19. The minimum absolute atomic E-state index is 0.000584. The number of hydrogen-bond acceptors (Lipinski definition) is 6. The molecule has 24 heavy (non-hydrogen) atoms. The number of nitro groups is 1. The lowest BCUT2D eigenvalue weighted by molar-refractivity contribution is -0.384. The Morgan fingerprint density at radius 2 is 1.96 bits per heavy atom. The van der Waals surface area contributed by atoms with Crippen molar-refractivity contribution in [3.8, 4) is 11.5 Å². The van der Waals surface area contributed by atoms with E-state index in [-0.39, 0.29) is 23.9 Å². The first-order chi connectivity index (χ1) is 11.5. The van der Waals surface area contributed by atoms with Crippen LogP contribution < -0.4 is 5.32 Å². The largest absolute Gasteiger partial charge is 0.419 e. The second-order valence-corrected chi connectivity index (χ2v) is 5.12. The van der Waals surface area contributed by atoms with E-state index in [1.807, 2.05) is 6.92 Å². The van der Waals surface area contributed by atoms with E-state index in [0.717, 1.165) is 5.56 Å². The van der Waals surface area contributed by atoms with Gasteiger partial charge in [-0.1, -0.05) is 6.07 Å². The van der Waals surface area contributed by atoms with Crippen LogP contribution in [0.2, 0.25) is 0 Å². The molecule has 1 N–H and O–H groups in total. The van der Waals surface area contributed by atoms with E-state index in [9.17, 15) is 14.5 Å². The number of nitrogens with one attached hydrogen (secondary N) is 1. The third kappa shape index (κ3) is 3.37. The Morgan fingerprint density at radius 3 is 2.67 bits per heavy atom. The van der Waals surface area contributed by atoms with Crippen molar-refractivity contribution in [3.63, 3.8) is 0 Å². The normalized spacial score (nSPS) is 10.6. The average Bonchev–Trinajstić information content (AvgIpc) is 3.03. The third-order valence-electron chi connectivity index (χ3n) is 3.42. The van der Waals surface area contributed by atoms with Gasteiger partial charge in [0, 0.05) is 23.4 Å². The quantitative estimate of drug-likeness (QED) is 0.567. The molecular formula is C16H13FN4O3. The predicted molar refractivity (Wildman–Crippen MR) is 84.9 cm³/mol. The van der Waals surface area contributed by atoms with E-state index in [4.69, 9.17) is 4.42 Å². The van der Waals surface area contributed by atoms with Crippen molar-refractivity contribution in [2.24, 2.45) is 0 Å². The second kappa shape index (κ2) is 6.45. The number of benzene rings is 2. The molecule has 1 heterocycles. The van der Waals surface area contributed by atoms with Crippen molar-refractivity contribution in [3.05, 3.63) is 69.9 Å². The molecule has 8 heteroatoms. The molecule has 0 aliphatic carbocycles. The third-order valence-corrected chi connectivity index (χ3v) is 3.42. The van der Waals surface area contributed by atoms with Gasteiger partial charge in [-0.3, -0.25) is 10.1 Å². The first-order valence-corrected chi connectivity index (χ1v) is 7.10. The summed E-state index contributed by atoms with van der Waals surface area (Å²) in [5, 5.41) is 21.7. The van der Waals surface area contributed by atoms with Gasteiger partial charge in [-0.2, -0.15) is 0 Å². The predicted octanol–water partition coefficient (Wildman–Crippen LogP) is 3.70. The van der Waals surface area contributed by atoms with Crippen LogP contribution in [0.25, 0.3) is 11.5 Å². The van der Waals surface area contributed by atoms with Crippen molar-refractivity contribution >= 4 is 11.4 Å². The molecule has 2 aromatic carbocycles. The standard InChI is InChI=1S/C16H13FN4O3/c1-10-2-7-13(21(22)23)8-14(10)18-9-15-19-20-16(24-15)11-3-5-12(17)6-4-11/h2-8,18H,9H2,1H3. The van der Waals surface area contributed by atoms with Crippen molar-refractivity contribution in [1.29, 1.82) is 0 Å². The molecule has 0 spiro atoms. The molecule has 1 aromatic heterocycles. The molecule has 0 amide bonds. The van der Waals surface area contributed by atoms with Crippen molar-refractivity contribution in [2.45, 2.75) is 13.5 Å². The maximum atomic E-state index is 12.9. The number of hydrogen-bond donors (Lipinski definition) is 1. The number of anilines is 1. The van der Waals surface area contributed by atoms with E-state index in [0.29, 0.717) is 17.1 Å². The number of nitro benzene ring substituents is 1. The van der Waals surface area contributed by atoms with Crippen LogP contribution in [0.15, 0.2) is 46.9 Å². The van der Waals surface area contributed by atoms with Gasteiger partial charge in [-0.05, 0) is 36.8 Å². The summed E-state index contributed by atoms with van der Waals surface area (Å²) < 4.78 is 18.4. The van der Waals surface area contributed by atoms with Crippen LogP contribution in [-0.2, 0) is 6.54 Å². The molecule has 0 saturated heterocycles. The van der Waals surface area contributed by atoms with E-state index < -0.39 is 4.92 Å². The van der Waals surface area contributed by atoms with Crippen LogP contribution in [0.1, 0.15) is 11.5 Å². The Morgan fingerprint density at radius 1 is 1.21 bits per heavy atom. The summed E-state index contributed by atoms with van der Waals surface area (Å²) in [6.45, 7) is 2.06. The van der Waals surface area contributed by atoms with Gasteiger partial charge in [0.1, 0.15) is 5.82 Å². The highest BCUT2D eigenvalue weighted by Crippen LogP contribution is 2.23. The molecule has 0 unspecified atom stereocenters. The second-order valence-electron chi connectivity index (χ2n) is 5.12. The lowest BCUT2D eigenvalue weighted by Crippen LogP contribution is -2.02. The summed E-state index contributed by atoms with van der Waals surface area (Å²) >= 11 is 0. The van der Waals surface area contributed by atoms with Crippen molar-refractivity contribution in [2.75, 3.05) is 5.32 Å². The van der Waals surface area contributed by atoms with Crippen LogP contribution in [0, 0.1) is 22.9 Å². The monoisotopic (exact) mass is 328 g/mol. The van der Waals surface area contributed by atoms with Gasteiger partial charge in [-0.15, -0.1) is 10.2 Å². The molecule has 0 bridgehead atoms. The Labute approximate surface area is 136 Å². The summed E-state index contributed by atoms with van der Waals surface area (Å²) in [5.74, 6) is 0.254. The summed E-state index contributed by atoms with van der Waals surface area (Å²) in [4.78, 5) is 10.4. The topological polar surface area (TPSA) is 94.1 Å². The van der Waals surface area contributed by atoms with E-state index in [1.54, 1.807) is 18.2 Å². The molecule has 7 nitrogen and oxygen atoms in total. The van der Waals surface area contributed by atoms with Gasteiger partial charge >= 0.3 is 0 Å². The molecule has 3 rings (SSSR count). The van der Waals surface area contributed by atoms with Crippen LogP contribution in [0.5, 0.6) is 0 Å². The summed E-state index contributed by atoms with van der Waals surface area (Å²) in [6, 6.07) is 10.3. The first-order valence-electron chi connectivity index (χ1n) is 7.10. The minimum atomic E-state index is -0.454. The van der Waals surface area contributed by atoms with Gasteiger partial charge in [0.2, 0.25) is 11.8 Å². The van der Waals surface area contributed by atoms with E-state index in [1.165, 1.54) is 24.3 Å². The minimum Gasteiger partial charge on any atom is -0.419 e. The smallest absolute Gasteiger partial charge is 0.271 e. The molecule has 3 aromatic rings. The Balaban J connectivity index is 1.73. The number of halogens is 1. The van der Waals surface area contributed by atoms with E-state index >= 15 is 0 Å².